The second-order valence-electron chi connectivity index (χ2n) is 23.2. The highest BCUT2D eigenvalue weighted by Gasteiger charge is 2.38. The van der Waals surface area contributed by atoms with Crippen molar-refractivity contribution in [1.29, 1.82) is 0 Å². The van der Waals surface area contributed by atoms with Gasteiger partial charge in [0.2, 0.25) is 0 Å². The summed E-state index contributed by atoms with van der Waals surface area (Å²) in [4.78, 5) is 4.74. The molecule has 2 aliphatic rings. The van der Waals surface area contributed by atoms with Crippen LogP contribution in [0.4, 0.5) is 34.1 Å². The summed E-state index contributed by atoms with van der Waals surface area (Å²) in [5, 5.41) is 7.62. The van der Waals surface area contributed by atoms with Crippen molar-refractivity contribution in [2.45, 2.75) is 52.4 Å². The molecule has 0 radical (unpaired) electrons. The molecule has 14 rings (SSSR count). The van der Waals surface area contributed by atoms with Gasteiger partial charge in [0, 0.05) is 45.0 Å². The van der Waals surface area contributed by atoms with Crippen molar-refractivity contribution in [3.63, 3.8) is 0 Å². The van der Waals surface area contributed by atoms with E-state index in [0.717, 1.165) is 34.1 Å². The minimum Gasteiger partial charge on any atom is -0.310 e. The smallest absolute Gasteiger partial charge is 0.0465 e. The van der Waals surface area contributed by atoms with E-state index in [9.17, 15) is 0 Å². The fourth-order valence-corrected chi connectivity index (χ4v) is 13.0. The van der Waals surface area contributed by atoms with Gasteiger partial charge in [-0.3, -0.25) is 0 Å². The number of hydrogen-bond acceptors (Lipinski definition) is 2. The zero-order valence-corrected chi connectivity index (χ0v) is 46.3. The Morgan fingerprint density at radius 3 is 0.925 bits per heavy atom. The number of aryl methyl sites for hydroxylation is 2. The van der Waals surface area contributed by atoms with E-state index in [1.165, 1.54) is 110 Å². The van der Waals surface area contributed by atoms with Crippen molar-refractivity contribution < 1.29 is 0 Å². The molecule has 0 heterocycles. The van der Waals surface area contributed by atoms with E-state index in [0.29, 0.717) is 0 Å². The highest BCUT2D eigenvalue weighted by molar-refractivity contribution is 6.26. The maximum atomic E-state index is 2.41. The van der Waals surface area contributed by atoms with E-state index in [4.69, 9.17) is 0 Å². The molecule has 0 aliphatic heterocycles. The predicted octanol–water partition coefficient (Wildman–Crippen LogP) is 21.7. The Morgan fingerprint density at radius 1 is 0.250 bits per heavy atom. The fourth-order valence-electron chi connectivity index (χ4n) is 13.0. The molecule has 0 fully saturated rings. The van der Waals surface area contributed by atoms with Crippen LogP contribution < -0.4 is 9.80 Å². The van der Waals surface area contributed by atoms with Crippen LogP contribution in [0.25, 0.3) is 78.9 Å². The van der Waals surface area contributed by atoms with Crippen molar-refractivity contribution in [3.05, 3.63) is 298 Å². The zero-order chi connectivity index (χ0) is 54.3. The topological polar surface area (TPSA) is 6.48 Å². The minimum absolute atomic E-state index is 0.175. The van der Waals surface area contributed by atoms with Crippen LogP contribution in [-0.2, 0) is 10.8 Å². The first kappa shape index (κ1) is 48.8. The van der Waals surface area contributed by atoms with Gasteiger partial charge in [0.25, 0.3) is 0 Å². The first-order valence-electron chi connectivity index (χ1n) is 28.1. The van der Waals surface area contributed by atoms with Crippen LogP contribution in [0.2, 0.25) is 0 Å². The van der Waals surface area contributed by atoms with Gasteiger partial charge in [-0.2, -0.15) is 0 Å². The number of nitrogens with zero attached hydrogens (tertiary/aromatic N) is 2. The van der Waals surface area contributed by atoms with Crippen LogP contribution in [-0.4, -0.2) is 0 Å². The first-order valence-corrected chi connectivity index (χ1v) is 28.1. The summed E-state index contributed by atoms with van der Waals surface area (Å²) in [6, 6.07) is 90.0. The Kier molecular flexibility index (Phi) is 11.7. The van der Waals surface area contributed by atoms with Crippen molar-refractivity contribution in [3.8, 4) is 22.3 Å². The van der Waals surface area contributed by atoms with Gasteiger partial charge in [-0.25, -0.2) is 0 Å². The molecule has 0 spiro atoms. The maximum Gasteiger partial charge on any atom is 0.0465 e. The van der Waals surface area contributed by atoms with Gasteiger partial charge in [0.15, 0.2) is 0 Å². The van der Waals surface area contributed by atoms with E-state index in [1.54, 1.807) is 0 Å². The van der Waals surface area contributed by atoms with Gasteiger partial charge in [-0.1, -0.05) is 221 Å². The maximum absolute atomic E-state index is 2.41. The van der Waals surface area contributed by atoms with Crippen LogP contribution in [0, 0.1) is 13.8 Å². The lowest BCUT2D eigenvalue weighted by molar-refractivity contribution is 0.660. The summed E-state index contributed by atoms with van der Waals surface area (Å²) in [6.07, 6.45) is 9.13. The van der Waals surface area contributed by atoms with Gasteiger partial charge in [0.1, 0.15) is 0 Å². The molecule has 12 aromatic carbocycles. The average molecular weight is 1030 g/mol. The van der Waals surface area contributed by atoms with E-state index in [1.807, 2.05) is 0 Å². The Labute approximate surface area is 470 Å². The molecule has 0 atom stereocenters. The SMILES string of the molecule is Cc1ccc(N(c2ccccc2)c2ccc3c(c2)C(C)(C)c2cc(/C=C/c4ccc5c6ccc(/C=C/c7ccc8c(c7)C(C)(C)c7cc(N(c9ccccc9)c9ccc(C)cc9)ccc7-8)cc6c6ccccc6c5c4)ccc2-3)cc1. The van der Waals surface area contributed by atoms with Crippen LogP contribution in [0.5, 0.6) is 0 Å². The number of rotatable bonds is 10. The molecule has 0 saturated carbocycles. The first-order chi connectivity index (χ1) is 39.0. The van der Waals surface area contributed by atoms with Crippen molar-refractivity contribution in [2.24, 2.45) is 0 Å². The molecule has 0 amide bonds. The van der Waals surface area contributed by atoms with E-state index in [-0.39, 0.29) is 10.8 Å². The van der Waals surface area contributed by atoms with Gasteiger partial charge < -0.3 is 9.80 Å². The highest BCUT2D eigenvalue weighted by Crippen LogP contribution is 2.53. The number of para-hydroxylation sites is 2. The molecule has 2 heteroatoms. The second kappa shape index (κ2) is 19.1. The highest BCUT2D eigenvalue weighted by atomic mass is 15.1. The quantitative estimate of drug-likeness (QED) is 0.0995. The Bertz CT molecular complexity index is 4150. The summed E-state index contributed by atoms with van der Waals surface area (Å²) < 4.78 is 0. The molecule has 0 N–H and O–H groups in total. The number of anilines is 6. The van der Waals surface area contributed by atoms with E-state index in [2.05, 4.69) is 318 Å². The van der Waals surface area contributed by atoms with Crippen molar-refractivity contribution >= 4 is 90.7 Å². The largest absolute Gasteiger partial charge is 0.310 e. The number of benzene rings is 12. The summed E-state index contributed by atoms with van der Waals surface area (Å²) >= 11 is 0. The third-order valence-corrected chi connectivity index (χ3v) is 17.3. The van der Waals surface area contributed by atoms with E-state index >= 15 is 0 Å². The van der Waals surface area contributed by atoms with Crippen LogP contribution in [0.1, 0.15) is 83.3 Å². The lowest BCUT2D eigenvalue weighted by Gasteiger charge is -2.28. The normalized spacial score (nSPS) is 13.7. The lowest BCUT2D eigenvalue weighted by Crippen LogP contribution is -2.16. The second-order valence-corrected chi connectivity index (χ2v) is 23.2. The zero-order valence-electron chi connectivity index (χ0n) is 46.3. The monoisotopic (exact) mass is 1030 g/mol. The van der Waals surface area contributed by atoms with Crippen molar-refractivity contribution in [1.82, 2.24) is 0 Å². The van der Waals surface area contributed by atoms with E-state index < -0.39 is 0 Å². The number of fused-ring (bicyclic) bond motifs is 12. The summed E-state index contributed by atoms with van der Waals surface area (Å²) in [7, 11) is 0. The molecule has 384 valence electrons. The Balaban J connectivity index is 0.732. The number of hydrogen-bond donors (Lipinski definition) is 0. The Morgan fingerprint density at radius 2 is 0.537 bits per heavy atom. The Hall–Kier alpha value is -9.50. The molecular weight excluding hydrogens is 965 g/mol. The van der Waals surface area contributed by atoms with Gasteiger partial charge in [-0.05, 0) is 198 Å². The molecule has 0 unspecified atom stereocenters. The van der Waals surface area contributed by atoms with Gasteiger partial charge in [-0.15, -0.1) is 0 Å². The molecule has 0 bridgehead atoms. The standard InChI is InChI=1S/C78H62N2/c1-51-21-33-59(34-22-51)79(57-15-9-7-10-16-57)61-37-43-69-67-41-31-55(47-73(67)77(3,4)75(69)49-61)27-25-53-29-39-65-66-40-30-54(46-72(66)64-20-14-13-19-63(64)71(65)45-53)26-28-56-32-42-68-70-44-38-62(50-76(70)78(5,6)74(68)48-56)80(58-17-11-8-12-18-58)60-35-23-52(2)24-36-60/h7-50H,1-6H3/b27-25+,28-26+. The molecule has 2 nitrogen and oxygen atoms in total. The fraction of sp³-hybridized carbons (Fsp3) is 0.103. The molecule has 80 heavy (non-hydrogen) atoms. The molecular formula is C78H62N2. The molecule has 0 saturated heterocycles. The summed E-state index contributed by atoms with van der Waals surface area (Å²) in [6.45, 7) is 13.8. The molecule has 2 aliphatic carbocycles. The van der Waals surface area contributed by atoms with Crippen LogP contribution in [0.3, 0.4) is 0 Å². The summed E-state index contributed by atoms with van der Waals surface area (Å²) in [5.41, 5.74) is 24.5. The molecule has 0 aromatic heterocycles. The third-order valence-electron chi connectivity index (χ3n) is 17.3. The van der Waals surface area contributed by atoms with Gasteiger partial charge in [0.05, 0.1) is 0 Å². The summed E-state index contributed by atoms with van der Waals surface area (Å²) in [5.74, 6) is 0. The minimum atomic E-state index is -0.175. The van der Waals surface area contributed by atoms with Gasteiger partial charge >= 0.3 is 0 Å². The van der Waals surface area contributed by atoms with Crippen molar-refractivity contribution in [2.75, 3.05) is 9.80 Å². The average Bonchev–Trinajstić information content (AvgIpc) is 3.97. The molecule has 12 aromatic rings. The van der Waals surface area contributed by atoms with Crippen LogP contribution >= 0.6 is 0 Å². The van der Waals surface area contributed by atoms with Crippen LogP contribution in [0.15, 0.2) is 243 Å². The predicted molar refractivity (Wildman–Crippen MR) is 344 cm³/mol. The third kappa shape index (κ3) is 8.34. The lowest BCUT2D eigenvalue weighted by atomic mass is 9.81.